The van der Waals surface area contributed by atoms with Crippen LogP contribution in [0.25, 0.3) is 0 Å². The molecule has 122 valence electrons. The van der Waals surface area contributed by atoms with E-state index in [9.17, 15) is 9.90 Å². The summed E-state index contributed by atoms with van der Waals surface area (Å²) in [5.74, 6) is -0.0737. The molecule has 2 aliphatic rings. The number of para-hydroxylation sites is 1. The number of carbonyl (C=O) groups is 1. The van der Waals surface area contributed by atoms with E-state index in [0.29, 0.717) is 5.56 Å². The number of hydrogen-bond acceptors (Lipinski definition) is 4. The van der Waals surface area contributed by atoms with Crippen LogP contribution in [0.3, 0.4) is 0 Å². The summed E-state index contributed by atoms with van der Waals surface area (Å²) in [7, 11) is 0. The number of carbonyl (C=O) groups excluding carboxylic acids is 1. The number of aryl methyl sites for hydroxylation is 1. The molecule has 1 amide bonds. The third-order valence-corrected chi connectivity index (χ3v) is 5.82. The average molecular weight is 338 g/mol. The van der Waals surface area contributed by atoms with Gasteiger partial charge in [-0.25, -0.2) is 4.99 Å². The van der Waals surface area contributed by atoms with E-state index >= 15 is 0 Å². The van der Waals surface area contributed by atoms with E-state index in [-0.39, 0.29) is 5.91 Å². The van der Waals surface area contributed by atoms with Crippen molar-refractivity contribution in [1.29, 1.82) is 0 Å². The molecule has 0 aliphatic carbocycles. The fourth-order valence-corrected chi connectivity index (χ4v) is 4.76. The fourth-order valence-electron chi connectivity index (χ4n) is 3.38. The Bertz CT molecular complexity index is 821. The third kappa shape index (κ3) is 2.36. The van der Waals surface area contributed by atoms with Crippen molar-refractivity contribution in [3.05, 3.63) is 65.7 Å². The number of aliphatic imine (C=N–C) groups is 1. The van der Waals surface area contributed by atoms with Gasteiger partial charge in [0.15, 0.2) is 0 Å². The van der Waals surface area contributed by atoms with E-state index in [0.717, 1.165) is 23.6 Å². The number of fused-ring (bicyclic) bond motifs is 3. The van der Waals surface area contributed by atoms with Gasteiger partial charge in [0.1, 0.15) is 5.37 Å². The molecule has 24 heavy (non-hydrogen) atoms. The van der Waals surface area contributed by atoms with Crippen LogP contribution in [0.5, 0.6) is 0 Å². The maximum atomic E-state index is 12.1. The van der Waals surface area contributed by atoms with E-state index in [2.05, 4.69) is 17.1 Å². The van der Waals surface area contributed by atoms with Crippen molar-refractivity contribution in [2.75, 3.05) is 4.90 Å². The SMILES string of the molecule is CC(=O)N1c2ccccc2[C@@]2(O)N=C(CCc3ccccc3)S[C@H]12. The zero-order valence-electron chi connectivity index (χ0n) is 13.3. The quantitative estimate of drug-likeness (QED) is 0.934. The normalized spacial score (nSPS) is 24.5. The molecule has 2 aromatic rings. The molecule has 2 aromatic carbocycles. The highest BCUT2D eigenvalue weighted by atomic mass is 32.2. The van der Waals surface area contributed by atoms with Crippen molar-refractivity contribution < 1.29 is 9.90 Å². The summed E-state index contributed by atoms with van der Waals surface area (Å²) < 4.78 is 0. The summed E-state index contributed by atoms with van der Waals surface area (Å²) in [4.78, 5) is 18.4. The highest BCUT2D eigenvalue weighted by Crippen LogP contribution is 2.53. The highest BCUT2D eigenvalue weighted by molar-refractivity contribution is 8.14. The number of rotatable bonds is 3. The number of thioether (sulfide) groups is 1. The van der Waals surface area contributed by atoms with Crippen LogP contribution >= 0.6 is 11.8 Å². The predicted molar refractivity (Wildman–Crippen MR) is 97.1 cm³/mol. The molecule has 0 unspecified atom stereocenters. The molecule has 2 aliphatic heterocycles. The molecule has 4 rings (SSSR count). The Balaban J connectivity index is 1.63. The van der Waals surface area contributed by atoms with Crippen LogP contribution in [-0.2, 0) is 16.9 Å². The van der Waals surface area contributed by atoms with E-state index in [1.54, 1.807) is 4.90 Å². The Morgan fingerprint density at radius 1 is 1.17 bits per heavy atom. The summed E-state index contributed by atoms with van der Waals surface area (Å²) in [6.07, 6.45) is 1.64. The molecule has 2 heterocycles. The molecule has 0 fully saturated rings. The summed E-state index contributed by atoms with van der Waals surface area (Å²) in [5, 5.41) is 11.7. The minimum atomic E-state index is -1.33. The summed E-state index contributed by atoms with van der Waals surface area (Å²) in [6.45, 7) is 1.53. The Morgan fingerprint density at radius 3 is 2.62 bits per heavy atom. The molecule has 4 nitrogen and oxygen atoms in total. The maximum absolute atomic E-state index is 12.1. The second-order valence-electron chi connectivity index (χ2n) is 6.09. The van der Waals surface area contributed by atoms with Crippen molar-refractivity contribution in [3.63, 3.8) is 0 Å². The van der Waals surface area contributed by atoms with Gasteiger partial charge in [0.05, 0.1) is 10.7 Å². The van der Waals surface area contributed by atoms with Crippen LogP contribution in [0.2, 0.25) is 0 Å². The monoisotopic (exact) mass is 338 g/mol. The van der Waals surface area contributed by atoms with Gasteiger partial charge in [0.2, 0.25) is 11.6 Å². The second kappa shape index (κ2) is 5.76. The third-order valence-electron chi connectivity index (χ3n) is 4.49. The van der Waals surface area contributed by atoms with Gasteiger partial charge in [-0.1, -0.05) is 60.3 Å². The molecular weight excluding hydrogens is 320 g/mol. The minimum absolute atomic E-state index is 0.0737. The molecule has 0 saturated carbocycles. The van der Waals surface area contributed by atoms with Gasteiger partial charge in [-0.05, 0) is 24.5 Å². The molecule has 0 aromatic heterocycles. The standard InChI is InChI=1S/C19H18N2O2S/c1-13(22)21-16-10-6-5-9-15(16)19(23)18(21)24-17(20-19)12-11-14-7-3-2-4-8-14/h2-10,18,23H,11-12H2,1H3/t18-,19-/m0/s1. The number of amides is 1. The van der Waals surface area contributed by atoms with Crippen LogP contribution in [0.4, 0.5) is 5.69 Å². The lowest BCUT2D eigenvalue weighted by atomic mass is 10.1. The lowest BCUT2D eigenvalue weighted by molar-refractivity contribution is -0.117. The molecule has 2 atom stereocenters. The van der Waals surface area contributed by atoms with Gasteiger partial charge in [0.25, 0.3) is 0 Å². The molecule has 0 radical (unpaired) electrons. The minimum Gasteiger partial charge on any atom is -0.363 e. The number of hydrogen-bond donors (Lipinski definition) is 1. The number of anilines is 1. The first-order valence-corrected chi connectivity index (χ1v) is 8.88. The Hall–Kier alpha value is -2.11. The second-order valence-corrected chi connectivity index (χ2v) is 7.25. The Labute approximate surface area is 145 Å². The van der Waals surface area contributed by atoms with E-state index in [1.807, 2.05) is 42.5 Å². The first kappa shape index (κ1) is 15.4. The first-order valence-electron chi connectivity index (χ1n) is 8.00. The van der Waals surface area contributed by atoms with Crippen LogP contribution in [0.1, 0.15) is 24.5 Å². The van der Waals surface area contributed by atoms with Gasteiger partial charge >= 0.3 is 0 Å². The van der Waals surface area contributed by atoms with Crippen LogP contribution in [-0.4, -0.2) is 21.4 Å². The molecule has 1 N–H and O–H groups in total. The zero-order valence-corrected chi connectivity index (χ0v) is 14.2. The molecule has 0 bridgehead atoms. The van der Waals surface area contributed by atoms with Gasteiger partial charge in [0, 0.05) is 12.5 Å². The van der Waals surface area contributed by atoms with Gasteiger partial charge in [-0.15, -0.1) is 0 Å². The lowest BCUT2D eigenvalue weighted by Crippen LogP contribution is -2.41. The summed E-state index contributed by atoms with van der Waals surface area (Å²) in [6, 6.07) is 17.7. The smallest absolute Gasteiger partial charge is 0.225 e. The Kier molecular flexibility index (Phi) is 3.70. The maximum Gasteiger partial charge on any atom is 0.225 e. The number of aliphatic hydroxyl groups is 1. The fraction of sp³-hybridized carbons (Fsp3) is 0.263. The van der Waals surface area contributed by atoms with Gasteiger partial charge in [-0.2, -0.15) is 0 Å². The lowest BCUT2D eigenvalue weighted by Gasteiger charge is -2.25. The molecular formula is C19H18N2O2S. The Morgan fingerprint density at radius 2 is 1.88 bits per heavy atom. The first-order chi connectivity index (χ1) is 11.6. The largest absolute Gasteiger partial charge is 0.363 e. The van der Waals surface area contributed by atoms with Gasteiger partial charge < -0.3 is 5.11 Å². The molecule has 0 saturated heterocycles. The van der Waals surface area contributed by atoms with Crippen molar-refractivity contribution in [3.8, 4) is 0 Å². The van der Waals surface area contributed by atoms with E-state index in [1.165, 1.54) is 24.2 Å². The van der Waals surface area contributed by atoms with E-state index in [4.69, 9.17) is 0 Å². The van der Waals surface area contributed by atoms with Crippen molar-refractivity contribution in [1.82, 2.24) is 0 Å². The molecule has 5 heteroatoms. The van der Waals surface area contributed by atoms with E-state index < -0.39 is 11.1 Å². The highest BCUT2D eigenvalue weighted by Gasteiger charge is 2.55. The average Bonchev–Trinajstić information content (AvgIpc) is 3.03. The van der Waals surface area contributed by atoms with Crippen molar-refractivity contribution in [2.45, 2.75) is 30.9 Å². The number of benzene rings is 2. The van der Waals surface area contributed by atoms with Crippen LogP contribution < -0.4 is 4.90 Å². The topological polar surface area (TPSA) is 52.9 Å². The molecule has 0 spiro atoms. The van der Waals surface area contributed by atoms with Crippen molar-refractivity contribution >= 4 is 28.4 Å². The summed E-state index contributed by atoms with van der Waals surface area (Å²) >= 11 is 1.50. The number of nitrogens with zero attached hydrogens (tertiary/aromatic N) is 2. The van der Waals surface area contributed by atoms with Crippen LogP contribution in [0.15, 0.2) is 59.6 Å². The zero-order chi connectivity index (χ0) is 16.7. The van der Waals surface area contributed by atoms with Gasteiger partial charge in [-0.3, -0.25) is 9.69 Å². The van der Waals surface area contributed by atoms with Crippen LogP contribution in [0, 0.1) is 0 Å². The van der Waals surface area contributed by atoms with Crippen molar-refractivity contribution in [2.24, 2.45) is 4.99 Å². The predicted octanol–water partition coefficient (Wildman–Crippen LogP) is 3.30. The summed E-state index contributed by atoms with van der Waals surface area (Å²) in [5.41, 5.74) is 1.39.